The molecule has 0 unspecified atom stereocenters. The van der Waals surface area contributed by atoms with Crippen LogP contribution in [0.25, 0.3) is 113 Å². The van der Waals surface area contributed by atoms with Gasteiger partial charge < -0.3 is 0 Å². The molecule has 0 saturated carbocycles. The summed E-state index contributed by atoms with van der Waals surface area (Å²) in [5.41, 5.74) is 14.1. The third-order valence-electron chi connectivity index (χ3n) is 11.6. The molecule has 6 heteroatoms. The van der Waals surface area contributed by atoms with Gasteiger partial charge in [0.05, 0.1) is 0 Å². The number of hydrogen-bond acceptors (Lipinski definition) is 6. The Morgan fingerprint density at radius 3 is 0.773 bits per heavy atom. The summed E-state index contributed by atoms with van der Waals surface area (Å²) >= 11 is 0. The van der Waals surface area contributed by atoms with Gasteiger partial charge in [-0.25, -0.2) is 29.9 Å². The molecule has 0 fully saturated rings. The average Bonchev–Trinajstić information content (AvgIpc) is 3.42. The molecule has 66 heavy (non-hydrogen) atoms. The Morgan fingerprint density at radius 1 is 0.136 bits per heavy atom. The van der Waals surface area contributed by atoms with Crippen molar-refractivity contribution in [3.05, 3.63) is 243 Å². The Balaban J connectivity index is 1.01. The van der Waals surface area contributed by atoms with Crippen LogP contribution in [-0.4, -0.2) is 29.9 Å². The van der Waals surface area contributed by atoms with Crippen LogP contribution in [0.2, 0.25) is 0 Å². The monoisotopic (exact) mass is 844 g/mol. The first-order chi connectivity index (χ1) is 32.7. The van der Waals surface area contributed by atoms with Gasteiger partial charge in [-0.3, -0.25) is 0 Å². The van der Waals surface area contributed by atoms with Crippen molar-refractivity contribution in [1.29, 1.82) is 0 Å². The van der Waals surface area contributed by atoms with Gasteiger partial charge in [-0.15, -0.1) is 0 Å². The van der Waals surface area contributed by atoms with Gasteiger partial charge in [-0.2, -0.15) is 0 Å². The summed E-state index contributed by atoms with van der Waals surface area (Å²) in [5, 5.41) is 0. The zero-order valence-corrected chi connectivity index (χ0v) is 35.8. The van der Waals surface area contributed by atoms with E-state index in [-0.39, 0.29) is 0 Å². The number of benzene rings is 9. The van der Waals surface area contributed by atoms with Crippen molar-refractivity contribution in [2.24, 2.45) is 0 Å². The van der Waals surface area contributed by atoms with Crippen LogP contribution >= 0.6 is 0 Å². The predicted molar refractivity (Wildman–Crippen MR) is 268 cm³/mol. The first-order valence-corrected chi connectivity index (χ1v) is 21.9. The zero-order chi connectivity index (χ0) is 44.1. The molecule has 0 aliphatic rings. The van der Waals surface area contributed by atoms with Crippen LogP contribution in [0.15, 0.2) is 243 Å². The van der Waals surface area contributed by atoms with Gasteiger partial charge in [-0.1, -0.05) is 212 Å². The lowest BCUT2D eigenvalue weighted by atomic mass is 9.95. The molecule has 0 bridgehead atoms. The smallest absolute Gasteiger partial charge is 0.164 e. The van der Waals surface area contributed by atoms with E-state index in [9.17, 15) is 0 Å². The Labute approximate surface area is 383 Å². The fraction of sp³-hybridized carbons (Fsp3) is 0. The van der Waals surface area contributed by atoms with Crippen molar-refractivity contribution in [3.8, 4) is 113 Å². The Hall–Kier alpha value is -9.00. The van der Waals surface area contributed by atoms with E-state index in [0.29, 0.717) is 34.9 Å². The van der Waals surface area contributed by atoms with Gasteiger partial charge in [-0.05, 0) is 74.8 Å². The summed E-state index contributed by atoms with van der Waals surface area (Å²) in [7, 11) is 0. The minimum atomic E-state index is 0.581. The van der Waals surface area contributed by atoms with Gasteiger partial charge in [0.1, 0.15) is 0 Å². The van der Waals surface area contributed by atoms with Crippen LogP contribution in [0.5, 0.6) is 0 Å². The first kappa shape index (κ1) is 39.8. The maximum absolute atomic E-state index is 5.15. The van der Waals surface area contributed by atoms with Crippen LogP contribution in [0, 0.1) is 0 Å². The maximum Gasteiger partial charge on any atom is 0.164 e. The van der Waals surface area contributed by atoms with E-state index >= 15 is 0 Å². The Morgan fingerprint density at radius 2 is 0.348 bits per heavy atom. The molecule has 0 aliphatic heterocycles. The molecule has 0 atom stereocenters. The van der Waals surface area contributed by atoms with Crippen LogP contribution in [0.4, 0.5) is 0 Å². The lowest BCUT2D eigenvalue weighted by molar-refractivity contribution is 1.07. The lowest BCUT2D eigenvalue weighted by Crippen LogP contribution is -2.01. The van der Waals surface area contributed by atoms with Crippen molar-refractivity contribution in [1.82, 2.24) is 29.9 Å². The topological polar surface area (TPSA) is 77.3 Å². The molecule has 2 heterocycles. The minimum absolute atomic E-state index is 0.581. The van der Waals surface area contributed by atoms with Gasteiger partial charge in [0, 0.05) is 33.4 Å². The molecule has 11 rings (SSSR count). The second-order valence-electron chi connectivity index (χ2n) is 16.0. The number of aromatic nitrogens is 6. The van der Waals surface area contributed by atoms with Gasteiger partial charge in [0.25, 0.3) is 0 Å². The van der Waals surface area contributed by atoms with Crippen molar-refractivity contribution < 1.29 is 0 Å². The fourth-order valence-electron chi connectivity index (χ4n) is 8.17. The van der Waals surface area contributed by atoms with Crippen molar-refractivity contribution >= 4 is 0 Å². The lowest BCUT2D eigenvalue weighted by Gasteiger charge is -2.13. The minimum Gasteiger partial charge on any atom is -0.208 e. The fourth-order valence-corrected chi connectivity index (χ4v) is 8.17. The highest BCUT2D eigenvalue weighted by Gasteiger charge is 2.17. The second-order valence-corrected chi connectivity index (χ2v) is 16.0. The normalized spacial score (nSPS) is 11.0. The molecular formula is C60H40N6. The van der Waals surface area contributed by atoms with Crippen molar-refractivity contribution in [3.63, 3.8) is 0 Å². The Kier molecular flexibility index (Phi) is 10.9. The van der Waals surface area contributed by atoms with E-state index in [1.165, 1.54) is 11.1 Å². The number of nitrogens with zero attached hydrogens (tertiary/aromatic N) is 6. The largest absolute Gasteiger partial charge is 0.208 e. The average molecular weight is 845 g/mol. The summed E-state index contributed by atoms with van der Waals surface area (Å²) < 4.78 is 0. The summed E-state index contributed by atoms with van der Waals surface area (Å²) in [6.07, 6.45) is 0. The molecule has 0 amide bonds. The highest BCUT2D eigenvalue weighted by Crippen LogP contribution is 2.36. The molecule has 9 aromatic carbocycles. The molecule has 0 spiro atoms. The molecule has 310 valence electrons. The maximum atomic E-state index is 5.15. The van der Waals surface area contributed by atoms with Crippen LogP contribution in [-0.2, 0) is 0 Å². The van der Waals surface area contributed by atoms with E-state index in [1.54, 1.807) is 0 Å². The van der Waals surface area contributed by atoms with Crippen LogP contribution in [0.3, 0.4) is 0 Å². The van der Waals surface area contributed by atoms with Gasteiger partial charge >= 0.3 is 0 Å². The van der Waals surface area contributed by atoms with Gasteiger partial charge in [0.15, 0.2) is 34.9 Å². The summed E-state index contributed by atoms with van der Waals surface area (Å²) in [5.74, 6) is 3.59. The van der Waals surface area contributed by atoms with Crippen LogP contribution < -0.4 is 0 Å². The predicted octanol–water partition coefficient (Wildman–Crippen LogP) is 14.7. The van der Waals surface area contributed by atoms with E-state index in [4.69, 9.17) is 29.9 Å². The number of rotatable bonds is 10. The van der Waals surface area contributed by atoms with E-state index in [1.807, 2.05) is 103 Å². The van der Waals surface area contributed by atoms with Gasteiger partial charge in [0.2, 0.25) is 0 Å². The van der Waals surface area contributed by atoms with E-state index in [0.717, 1.165) is 66.8 Å². The molecule has 0 saturated heterocycles. The molecular weight excluding hydrogens is 805 g/mol. The molecule has 6 nitrogen and oxygen atoms in total. The molecule has 11 aromatic rings. The molecule has 0 N–H and O–H groups in total. The molecule has 0 radical (unpaired) electrons. The highest BCUT2D eigenvalue weighted by atomic mass is 15.0. The van der Waals surface area contributed by atoms with Crippen LogP contribution in [0.1, 0.15) is 0 Å². The third kappa shape index (κ3) is 8.54. The highest BCUT2D eigenvalue weighted by molar-refractivity contribution is 5.82. The summed E-state index contributed by atoms with van der Waals surface area (Å²) in [6.45, 7) is 0. The Bertz CT molecular complexity index is 3380. The van der Waals surface area contributed by atoms with E-state index in [2.05, 4.69) is 140 Å². The SMILES string of the molecule is c1ccc(-c2cccc(-c3ccc(-c4nc(-c5ccccc5)nc(-c5cccc(-c6cc(-c7ccccc7)cc(-c7nc(-c8ccccc8)nc(-c8ccccc8)n7)c6)c5)n4)cc3)c2)cc1. The molecule has 0 aliphatic carbocycles. The first-order valence-electron chi connectivity index (χ1n) is 21.9. The third-order valence-corrected chi connectivity index (χ3v) is 11.6. The molecule has 2 aromatic heterocycles. The summed E-state index contributed by atoms with van der Waals surface area (Å²) in [6, 6.07) is 83.2. The van der Waals surface area contributed by atoms with Crippen molar-refractivity contribution in [2.75, 3.05) is 0 Å². The zero-order valence-electron chi connectivity index (χ0n) is 35.8. The second kappa shape index (κ2) is 18.0. The summed E-state index contributed by atoms with van der Waals surface area (Å²) in [4.78, 5) is 30.4. The van der Waals surface area contributed by atoms with Crippen molar-refractivity contribution in [2.45, 2.75) is 0 Å². The quantitative estimate of drug-likeness (QED) is 0.136. The van der Waals surface area contributed by atoms with E-state index < -0.39 is 0 Å². The number of hydrogen-bond donors (Lipinski definition) is 0. The standard InChI is InChI=1S/C60H40N6/c1-6-18-41(19-7-1)48-28-16-29-49(36-48)43-32-34-47(35-33-43)58-62-55(44-22-10-3-11-23-44)63-59(64-58)51-31-17-30-50(37-51)53-38-52(42-20-8-2-9-21-42)39-54(40-53)60-65-56(45-24-12-4-13-25-45)61-57(66-60)46-26-14-5-15-27-46/h1-40H.